The third kappa shape index (κ3) is 3.68. The molecule has 3 aromatic rings. The monoisotopic (exact) mass is 336 g/mol. The molecule has 6 nitrogen and oxygen atoms in total. The number of amides is 1. The number of aryl methyl sites for hydroxylation is 2. The van der Waals surface area contributed by atoms with Crippen molar-refractivity contribution in [3.8, 4) is 0 Å². The molecule has 0 unspecified atom stereocenters. The van der Waals surface area contributed by atoms with Crippen LogP contribution in [-0.2, 0) is 6.54 Å². The van der Waals surface area contributed by atoms with Gasteiger partial charge in [-0.1, -0.05) is 23.4 Å². The van der Waals surface area contributed by atoms with Gasteiger partial charge in [0.25, 0.3) is 5.91 Å². The first kappa shape index (κ1) is 16.7. The maximum absolute atomic E-state index is 12.3. The molecule has 0 spiro atoms. The first-order chi connectivity index (χ1) is 12.1. The number of hydrogen-bond donors (Lipinski definition) is 1. The topological polar surface area (TPSA) is 71.3 Å². The molecule has 128 valence electrons. The average molecular weight is 336 g/mol. The lowest BCUT2D eigenvalue weighted by atomic mass is 10.2. The lowest BCUT2D eigenvalue weighted by Crippen LogP contribution is -2.23. The summed E-state index contributed by atoms with van der Waals surface area (Å²) < 4.78 is 5.10. The van der Waals surface area contributed by atoms with E-state index in [9.17, 15) is 4.79 Å². The zero-order valence-corrected chi connectivity index (χ0v) is 14.5. The summed E-state index contributed by atoms with van der Waals surface area (Å²) in [6.07, 6.45) is 1.58. The van der Waals surface area contributed by atoms with E-state index in [0.717, 1.165) is 28.5 Å². The molecular formula is C19H20N4O2. The Bertz CT molecular complexity index is 837. The third-order valence-corrected chi connectivity index (χ3v) is 4.10. The van der Waals surface area contributed by atoms with E-state index in [1.54, 1.807) is 12.3 Å². The molecule has 0 saturated carbocycles. The first-order valence-electron chi connectivity index (χ1n) is 8.01. The van der Waals surface area contributed by atoms with E-state index in [4.69, 9.17) is 4.52 Å². The van der Waals surface area contributed by atoms with Crippen LogP contribution in [0.4, 0.5) is 11.5 Å². The van der Waals surface area contributed by atoms with Crippen molar-refractivity contribution >= 4 is 17.4 Å². The van der Waals surface area contributed by atoms with Gasteiger partial charge in [-0.3, -0.25) is 4.79 Å². The average Bonchev–Trinajstić information content (AvgIpc) is 2.98. The van der Waals surface area contributed by atoms with Crippen molar-refractivity contribution in [2.45, 2.75) is 20.4 Å². The van der Waals surface area contributed by atoms with Gasteiger partial charge in [0, 0.05) is 31.0 Å². The summed E-state index contributed by atoms with van der Waals surface area (Å²) in [6, 6.07) is 13.5. The molecule has 3 rings (SSSR count). The van der Waals surface area contributed by atoms with Gasteiger partial charge in [-0.15, -0.1) is 0 Å². The van der Waals surface area contributed by atoms with E-state index >= 15 is 0 Å². The summed E-state index contributed by atoms with van der Waals surface area (Å²) in [5.41, 5.74) is 3.24. The second-order valence-corrected chi connectivity index (χ2v) is 5.79. The van der Waals surface area contributed by atoms with Crippen LogP contribution in [0.2, 0.25) is 0 Å². The van der Waals surface area contributed by atoms with Crippen molar-refractivity contribution in [1.29, 1.82) is 0 Å². The SMILES string of the molecule is Cc1noc(C)c1CNC(=O)c1ccc(N(C)c2ccccc2)nc1. The van der Waals surface area contributed by atoms with Gasteiger partial charge < -0.3 is 14.7 Å². The van der Waals surface area contributed by atoms with Crippen molar-refractivity contribution in [2.75, 3.05) is 11.9 Å². The summed E-state index contributed by atoms with van der Waals surface area (Å²) in [5.74, 6) is 1.31. The molecule has 0 aliphatic carbocycles. The Kier molecular flexibility index (Phi) is 4.79. The highest BCUT2D eigenvalue weighted by molar-refractivity contribution is 5.94. The third-order valence-electron chi connectivity index (χ3n) is 4.10. The summed E-state index contributed by atoms with van der Waals surface area (Å²) in [7, 11) is 1.94. The van der Waals surface area contributed by atoms with Gasteiger partial charge in [0.05, 0.1) is 11.3 Å². The minimum Gasteiger partial charge on any atom is -0.361 e. The Morgan fingerprint density at radius 3 is 2.52 bits per heavy atom. The molecule has 1 N–H and O–H groups in total. The molecule has 1 aromatic carbocycles. The molecule has 0 aliphatic rings. The van der Waals surface area contributed by atoms with Gasteiger partial charge in [-0.2, -0.15) is 0 Å². The normalized spacial score (nSPS) is 10.5. The molecule has 0 aliphatic heterocycles. The van der Waals surface area contributed by atoms with Gasteiger partial charge in [0.15, 0.2) is 0 Å². The number of aromatic nitrogens is 2. The maximum atomic E-state index is 12.3. The number of benzene rings is 1. The summed E-state index contributed by atoms with van der Waals surface area (Å²) in [6.45, 7) is 4.07. The summed E-state index contributed by atoms with van der Waals surface area (Å²) >= 11 is 0. The fourth-order valence-electron chi connectivity index (χ4n) is 2.53. The number of hydrogen-bond acceptors (Lipinski definition) is 5. The number of nitrogens with zero attached hydrogens (tertiary/aromatic N) is 3. The Labute approximate surface area is 146 Å². The van der Waals surface area contributed by atoms with Crippen LogP contribution >= 0.6 is 0 Å². The van der Waals surface area contributed by atoms with Crippen molar-refractivity contribution in [3.63, 3.8) is 0 Å². The minimum absolute atomic E-state index is 0.179. The predicted octanol–water partition coefficient (Wildman–Crippen LogP) is 3.38. The molecule has 0 radical (unpaired) electrons. The number of anilines is 2. The largest absolute Gasteiger partial charge is 0.361 e. The molecule has 0 saturated heterocycles. The van der Waals surface area contributed by atoms with Crippen LogP contribution in [0.1, 0.15) is 27.4 Å². The van der Waals surface area contributed by atoms with E-state index in [1.807, 2.05) is 62.2 Å². The van der Waals surface area contributed by atoms with Crippen LogP contribution in [-0.4, -0.2) is 23.1 Å². The smallest absolute Gasteiger partial charge is 0.253 e. The van der Waals surface area contributed by atoms with Crippen LogP contribution in [0.15, 0.2) is 53.2 Å². The van der Waals surface area contributed by atoms with E-state index in [-0.39, 0.29) is 5.91 Å². The van der Waals surface area contributed by atoms with E-state index in [2.05, 4.69) is 15.5 Å². The molecule has 6 heteroatoms. The first-order valence-corrected chi connectivity index (χ1v) is 8.01. The lowest BCUT2D eigenvalue weighted by molar-refractivity contribution is 0.0950. The van der Waals surface area contributed by atoms with Gasteiger partial charge in [-0.25, -0.2) is 4.98 Å². The second-order valence-electron chi connectivity index (χ2n) is 5.79. The highest BCUT2D eigenvalue weighted by atomic mass is 16.5. The van der Waals surface area contributed by atoms with Gasteiger partial charge in [0.1, 0.15) is 11.6 Å². The fourth-order valence-corrected chi connectivity index (χ4v) is 2.53. The van der Waals surface area contributed by atoms with Gasteiger partial charge in [-0.05, 0) is 38.1 Å². The van der Waals surface area contributed by atoms with Gasteiger partial charge >= 0.3 is 0 Å². The molecule has 0 atom stereocenters. The minimum atomic E-state index is -0.179. The van der Waals surface area contributed by atoms with Crippen molar-refractivity contribution in [1.82, 2.24) is 15.5 Å². The Hall–Kier alpha value is -3.15. The molecule has 0 fully saturated rings. The van der Waals surface area contributed by atoms with Crippen LogP contribution in [0, 0.1) is 13.8 Å². The molecule has 2 heterocycles. The van der Waals surface area contributed by atoms with Gasteiger partial charge in [0.2, 0.25) is 0 Å². The highest BCUT2D eigenvalue weighted by Gasteiger charge is 2.12. The lowest BCUT2D eigenvalue weighted by Gasteiger charge is -2.18. The highest BCUT2D eigenvalue weighted by Crippen LogP contribution is 2.21. The number of para-hydroxylation sites is 1. The number of rotatable bonds is 5. The standard InChI is InChI=1S/C19H20N4O2/c1-13-17(14(2)25-22-13)12-21-19(24)15-9-10-18(20-11-15)23(3)16-7-5-4-6-8-16/h4-11H,12H2,1-3H3,(H,21,24). The van der Waals surface area contributed by atoms with Crippen LogP contribution < -0.4 is 10.2 Å². The van der Waals surface area contributed by atoms with E-state index < -0.39 is 0 Å². The number of nitrogens with one attached hydrogen (secondary N) is 1. The molecular weight excluding hydrogens is 316 g/mol. The van der Waals surface area contributed by atoms with Crippen molar-refractivity contribution in [2.24, 2.45) is 0 Å². The van der Waals surface area contributed by atoms with E-state index in [0.29, 0.717) is 12.1 Å². The zero-order chi connectivity index (χ0) is 17.8. The predicted molar refractivity (Wildman–Crippen MR) is 95.9 cm³/mol. The van der Waals surface area contributed by atoms with Crippen LogP contribution in [0.5, 0.6) is 0 Å². The zero-order valence-electron chi connectivity index (χ0n) is 14.5. The molecule has 1 amide bonds. The fraction of sp³-hybridized carbons (Fsp3) is 0.211. The number of pyridine rings is 1. The van der Waals surface area contributed by atoms with Crippen molar-refractivity contribution < 1.29 is 9.32 Å². The second kappa shape index (κ2) is 7.17. The molecule has 25 heavy (non-hydrogen) atoms. The summed E-state index contributed by atoms with van der Waals surface area (Å²) in [4.78, 5) is 18.7. The van der Waals surface area contributed by atoms with Crippen LogP contribution in [0.25, 0.3) is 0 Å². The molecule has 0 bridgehead atoms. The van der Waals surface area contributed by atoms with Crippen LogP contribution in [0.3, 0.4) is 0 Å². The maximum Gasteiger partial charge on any atom is 0.253 e. The quantitative estimate of drug-likeness (QED) is 0.773. The Morgan fingerprint density at radius 1 is 1.16 bits per heavy atom. The Balaban J connectivity index is 1.66. The molecule has 2 aromatic heterocycles. The Morgan fingerprint density at radius 2 is 1.92 bits per heavy atom. The number of carbonyl (C=O) groups is 1. The summed E-state index contributed by atoms with van der Waals surface area (Å²) in [5, 5.41) is 6.75. The number of carbonyl (C=O) groups excluding carboxylic acids is 1. The van der Waals surface area contributed by atoms with Crippen molar-refractivity contribution in [3.05, 3.63) is 71.2 Å². The van der Waals surface area contributed by atoms with E-state index in [1.165, 1.54) is 0 Å².